The lowest BCUT2D eigenvalue weighted by molar-refractivity contribution is -0.157. The summed E-state index contributed by atoms with van der Waals surface area (Å²) in [5, 5.41) is 2.52. The van der Waals surface area contributed by atoms with Crippen molar-refractivity contribution < 1.29 is 19.1 Å². The van der Waals surface area contributed by atoms with E-state index in [2.05, 4.69) is 5.32 Å². The zero-order valence-electron chi connectivity index (χ0n) is 13.0. The lowest BCUT2D eigenvalue weighted by Gasteiger charge is -2.23. The smallest absolute Gasteiger partial charge is 0.408 e. The van der Waals surface area contributed by atoms with Crippen molar-refractivity contribution in [3.05, 3.63) is 35.9 Å². The zero-order valence-corrected chi connectivity index (χ0v) is 13.0. The van der Waals surface area contributed by atoms with Crippen LogP contribution in [0.5, 0.6) is 0 Å². The molecular formula is C16H23NO4. The van der Waals surface area contributed by atoms with Crippen LogP contribution in [-0.4, -0.2) is 23.7 Å². The molecule has 0 aromatic heterocycles. The molecule has 0 spiro atoms. The van der Waals surface area contributed by atoms with Crippen molar-refractivity contribution in [1.29, 1.82) is 0 Å². The summed E-state index contributed by atoms with van der Waals surface area (Å²) >= 11 is 0. The van der Waals surface area contributed by atoms with Gasteiger partial charge in [0.1, 0.15) is 18.2 Å². The minimum Gasteiger partial charge on any atom is -0.458 e. The maximum Gasteiger partial charge on any atom is 0.408 e. The van der Waals surface area contributed by atoms with Crippen molar-refractivity contribution in [2.24, 2.45) is 0 Å². The predicted octanol–water partition coefficient (Wildman–Crippen LogP) is 3.03. The van der Waals surface area contributed by atoms with Crippen LogP contribution in [0.4, 0.5) is 4.79 Å². The van der Waals surface area contributed by atoms with E-state index in [-0.39, 0.29) is 6.61 Å². The van der Waals surface area contributed by atoms with Gasteiger partial charge in [-0.1, -0.05) is 37.3 Å². The fourth-order valence-corrected chi connectivity index (χ4v) is 1.61. The van der Waals surface area contributed by atoms with Crippen LogP contribution in [0.1, 0.15) is 39.7 Å². The van der Waals surface area contributed by atoms with E-state index in [1.807, 2.05) is 30.3 Å². The molecule has 1 aromatic carbocycles. The van der Waals surface area contributed by atoms with E-state index in [0.29, 0.717) is 6.42 Å². The van der Waals surface area contributed by atoms with Gasteiger partial charge in [0, 0.05) is 0 Å². The van der Waals surface area contributed by atoms with Gasteiger partial charge in [-0.2, -0.15) is 0 Å². The predicted molar refractivity (Wildman–Crippen MR) is 79.7 cm³/mol. The largest absolute Gasteiger partial charge is 0.458 e. The maximum atomic E-state index is 11.9. The lowest BCUT2D eigenvalue weighted by Crippen LogP contribution is -2.43. The minimum absolute atomic E-state index is 0.164. The molecule has 1 aromatic rings. The van der Waals surface area contributed by atoms with E-state index < -0.39 is 23.7 Å². The van der Waals surface area contributed by atoms with Crippen LogP contribution < -0.4 is 5.32 Å². The molecule has 5 heteroatoms. The number of carbonyl (C=O) groups excluding carboxylic acids is 2. The highest BCUT2D eigenvalue weighted by atomic mass is 16.6. The number of esters is 1. The summed E-state index contributed by atoms with van der Waals surface area (Å²) in [6, 6.07) is 8.64. The summed E-state index contributed by atoms with van der Waals surface area (Å²) in [5.41, 5.74) is 0.304. The number of nitrogens with one attached hydrogen (secondary N) is 1. The Bertz CT molecular complexity index is 465. The van der Waals surface area contributed by atoms with E-state index in [9.17, 15) is 9.59 Å². The first-order chi connectivity index (χ1) is 9.81. The van der Waals surface area contributed by atoms with Gasteiger partial charge in [-0.3, -0.25) is 0 Å². The first kappa shape index (κ1) is 17.0. The molecule has 0 fully saturated rings. The van der Waals surface area contributed by atoms with E-state index in [1.54, 1.807) is 27.7 Å². The van der Waals surface area contributed by atoms with E-state index in [0.717, 1.165) is 5.56 Å². The van der Waals surface area contributed by atoms with Crippen LogP contribution in [0, 0.1) is 0 Å². The molecule has 0 radical (unpaired) electrons. The second-order valence-electron chi connectivity index (χ2n) is 5.70. The number of hydrogen-bond donors (Lipinski definition) is 1. The van der Waals surface area contributed by atoms with Crippen molar-refractivity contribution in [3.8, 4) is 0 Å². The molecule has 1 atom stereocenters. The summed E-state index contributed by atoms with van der Waals surface area (Å²) in [6.07, 6.45) is -0.188. The van der Waals surface area contributed by atoms with Crippen molar-refractivity contribution in [2.45, 2.75) is 52.4 Å². The average molecular weight is 293 g/mol. The number of amides is 1. The van der Waals surface area contributed by atoms with Gasteiger partial charge in [0.15, 0.2) is 0 Å². The van der Waals surface area contributed by atoms with Crippen molar-refractivity contribution >= 4 is 12.1 Å². The monoisotopic (exact) mass is 293 g/mol. The summed E-state index contributed by atoms with van der Waals surface area (Å²) < 4.78 is 10.3. The van der Waals surface area contributed by atoms with Gasteiger partial charge in [-0.15, -0.1) is 0 Å². The Kier molecular flexibility index (Phi) is 6.21. The average Bonchev–Trinajstić information content (AvgIpc) is 2.41. The Balaban J connectivity index is 2.45. The van der Waals surface area contributed by atoms with Crippen molar-refractivity contribution in [3.63, 3.8) is 0 Å². The van der Waals surface area contributed by atoms with Gasteiger partial charge in [0.05, 0.1) is 0 Å². The number of benzene rings is 1. The van der Waals surface area contributed by atoms with Crippen molar-refractivity contribution in [1.82, 2.24) is 5.32 Å². The molecule has 1 amide bonds. The summed E-state index contributed by atoms with van der Waals surface area (Å²) in [5.74, 6) is -0.457. The third-order valence-corrected chi connectivity index (χ3v) is 2.60. The Morgan fingerprint density at radius 2 is 1.81 bits per heavy atom. The molecule has 1 N–H and O–H groups in total. The highest BCUT2D eigenvalue weighted by Crippen LogP contribution is 2.10. The van der Waals surface area contributed by atoms with Gasteiger partial charge in [-0.25, -0.2) is 9.59 Å². The molecule has 0 bridgehead atoms. The minimum atomic E-state index is -0.701. The number of carbonyl (C=O) groups is 2. The fourth-order valence-electron chi connectivity index (χ4n) is 1.61. The van der Waals surface area contributed by atoms with E-state index in [1.165, 1.54) is 0 Å². The van der Waals surface area contributed by atoms with Gasteiger partial charge in [0.2, 0.25) is 0 Å². The van der Waals surface area contributed by atoms with Crippen LogP contribution in [0.2, 0.25) is 0 Å². The molecule has 0 saturated carbocycles. The molecule has 0 saturated heterocycles. The van der Waals surface area contributed by atoms with Crippen LogP contribution in [0.25, 0.3) is 0 Å². The Labute approximate surface area is 125 Å². The second kappa shape index (κ2) is 7.67. The first-order valence-corrected chi connectivity index (χ1v) is 7.02. The molecule has 0 heterocycles. The SMILES string of the molecule is CC[C@H](NC(=O)OCc1ccccc1)C(=O)OC(C)(C)C. The van der Waals surface area contributed by atoms with Gasteiger partial charge in [-0.05, 0) is 32.8 Å². The number of rotatable bonds is 5. The maximum absolute atomic E-state index is 11.9. The molecule has 5 nitrogen and oxygen atoms in total. The van der Waals surface area contributed by atoms with Gasteiger partial charge < -0.3 is 14.8 Å². The van der Waals surface area contributed by atoms with Crippen molar-refractivity contribution in [2.75, 3.05) is 0 Å². The molecule has 21 heavy (non-hydrogen) atoms. The van der Waals surface area contributed by atoms with Crippen LogP contribution in [-0.2, 0) is 20.9 Å². The molecule has 0 unspecified atom stereocenters. The highest BCUT2D eigenvalue weighted by molar-refractivity contribution is 5.81. The zero-order chi connectivity index (χ0) is 15.9. The molecule has 0 aliphatic heterocycles. The quantitative estimate of drug-likeness (QED) is 0.847. The molecule has 1 rings (SSSR count). The lowest BCUT2D eigenvalue weighted by atomic mass is 10.1. The number of alkyl carbamates (subject to hydrolysis) is 1. The highest BCUT2D eigenvalue weighted by Gasteiger charge is 2.25. The first-order valence-electron chi connectivity index (χ1n) is 7.02. The number of hydrogen-bond acceptors (Lipinski definition) is 4. The summed E-state index contributed by atoms with van der Waals surface area (Å²) in [6.45, 7) is 7.31. The standard InChI is InChI=1S/C16H23NO4/c1-5-13(14(18)21-16(2,3)4)17-15(19)20-11-12-9-7-6-8-10-12/h6-10,13H,5,11H2,1-4H3,(H,17,19)/t13-/m0/s1. The molecular weight excluding hydrogens is 270 g/mol. The summed E-state index contributed by atoms with van der Waals surface area (Å²) in [7, 11) is 0. The normalized spacial score (nSPS) is 12.4. The van der Waals surface area contributed by atoms with Crippen LogP contribution in [0.3, 0.4) is 0 Å². The van der Waals surface area contributed by atoms with Gasteiger partial charge >= 0.3 is 12.1 Å². The van der Waals surface area contributed by atoms with Crippen LogP contribution >= 0.6 is 0 Å². The van der Waals surface area contributed by atoms with E-state index in [4.69, 9.17) is 9.47 Å². The topological polar surface area (TPSA) is 64.6 Å². The second-order valence-corrected chi connectivity index (χ2v) is 5.70. The Hall–Kier alpha value is -2.04. The summed E-state index contributed by atoms with van der Waals surface area (Å²) in [4.78, 5) is 23.6. The third-order valence-electron chi connectivity index (χ3n) is 2.60. The fraction of sp³-hybridized carbons (Fsp3) is 0.500. The Morgan fingerprint density at radius 1 is 1.19 bits per heavy atom. The van der Waals surface area contributed by atoms with Gasteiger partial charge in [0.25, 0.3) is 0 Å². The molecule has 0 aliphatic rings. The number of ether oxygens (including phenoxy) is 2. The Morgan fingerprint density at radius 3 is 2.33 bits per heavy atom. The third kappa shape index (κ3) is 6.79. The molecule has 0 aliphatic carbocycles. The molecule has 116 valence electrons. The van der Waals surface area contributed by atoms with Crippen LogP contribution in [0.15, 0.2) is 30.3 Å². The van der Waals surface area contributed by atoms with E-state index >= 15 is 0 Å².